The third-order valence-electron chi connectivity index (χ3n) is 5.05. The Morgan fingerprint density at radius 2 is 1.88 bits per heavy atom. The summed E-state index contributed by atoms with van der Waals surface area (Å²) in [6.07, 6.45) is 1.78. The van der Waals surface area contributed by atoms with Gasteiger partial charge in [-0.1, -0.05) is 29.8 Å². The molecule has 25 heavy (non-hydrogen) atoms. The van der Waals surface area contributed by atoms with Gasteiger partial charge >= 0.3 is 0 Å². The molecule has 0 bridgehead atoms. The number of aryl methyl sites for hydroxylation is 2. The van der Waals surface area contributed by atoms with Crippen molar-refractivity contribution in [2.45, 2.75) is 32.6 Å². The lowest BCUT2D eigenvalue weighted by molar-refractivity contribution is 0.0706. The molecule has 128 valence electrons. The van der Waals surface area contributed by atoms with Crippen LogP contribution in [0, 0.1) is 13.8 Å². The van der Waals surface area contributed by atoms with E-state index in [-0.39, 0.29) is 11.8 Å². The number of benzene rings is 2. The fraction of sp³-hybridized carbons (Fsp3) is 0.333. The summed E-state index contributed by atoms with van der Waals surface area (Å²) in [4.78, 5) is 19.4. The predicted octanol–water partition coefficient (Wildman–Crippen LogP) is 4.46. The summed E-state index contributed by atoms with van der Waals surface area (Å²) in [5, 5.41) is 0. The third kappa shape index (κ3) is 3.04. The van der Waals surface area contributed by atoms with Crippen molar-refractivity contribution >= 4 is 17.0 Å². The van der Waals surface area contributed by atoms with Gasteiger partial charge in [-0.05, 0) is 50.5 Å². The predicted molar refractivity (Wildman–Crippen MR) is 97.8 cm³/mol. The van der Waals surface area contributed by atoms with Crippen molar-refractivity contribution in [3.05, 3.63) is 65.0 Å². The lowest BCUT2D eigenvalue weighted by atomic mass is 9.95. The van der Waals surface area contributed by atoms with Crippen LogP contribution in [0.4, 0.5) is 0 Å². The summed E-state index contributed by atoms with van der Waals surface area (Å²) in [5.74, 6) is 1.23. The number of fused-ring (bicyclic) bond motifs is 1. The molecule has 1 aliphatic heterocycles. The molecule has 0 spiro atoms. The Hall–Kier alpha value is -2.62. The van der Waals surface area contributed by atoms with Crippen molar-refractivity contribution < 1.29 is 9.21 Å². The molecule has 0 unspecified atom stereocenters. The van der Waals surface area contributed by atoms with Crippen LogP contribution in [0.1, 0.15) is 46.1 Å². The first-order valence-electron chi connectivity index (χ1n) is 8.84. The van der Waals surface area contributed by atoms with Crippen molar-refractivity contribution in [2.24, 2.45) is 0 Å². The highest BCUT2D eigenvalue weighted by Crippen LogP contribution is 2.30. The Balaban J connectivity index is 1.46. The van der Waals surface area contributed by atoms with Gasteiger partial charge in [0.1, 0.15) is 5.52 Å². The van der Waals surface area contributed by atoms with Crippen LogP contribution >= 0.6 is 0 Å². The van der Waals surface area contributed by atoms with Crippen LogP contribution in [0.25, 0.3) is 11.1 Å². The van der Waals surface area contributed by atoms with E-state index < -0.39 is 0 Å². The molecular formula is C21H22N2O2. The van der Waals surface area contributed by atoms with E-state index in [9.17, 15) is 4.79 Å². The molecule has 1 fully saturated rings. The molecule has 0 saturated carbocycles. The largest absolute Gasteiger partial charge is 0.440 e. The number of carbonyl (C=O) groups is 1. The summed E-state index contributed by atoms with van der Waals surface area (Å²) in [5.41, 5.74) is 4.79. The number of piperidine rings is 1. The van der Waals surface area contributed by atoms with Crippen LogP contribution in [0.2, 0.25) is 0 Å². The number of carbonyl (C=O) groups excluding carboxylic acids is 1. The van der Waals surface area contributed by atoms with Gasteiger partial charge in [0.2, 0.25) is 0 Å². The summed E-state index contributed by atoms with van der Waals surface area (Å²) in [6.45, 7) is 5.55. The Morgan fingerprint density at radius 3 is 2.60 bits per heavy atom. The van der Waals surface area contributed by atoms with Crippen molar-refractivity contribution in [3.8, 4) is 0 Å². The van der Waals surface area contributed by atoms with Gasteiger partial charge in [-0.2, -0.15) is 0 Å². The number of likely N-dealkylation sites (tertiary alicyclic amines) is 1. The molecule has 1 amide bonds. The van der Waals surface area contributed by atoms with Crippen LogP contribution in [-0.4, -0.2) is 28.9 Å². The van der Waals surface area contributed by atoms with Crippen molar-refractivity contribution in [1.29, 1.82) is 0 Å². The van der Waals surface area contributed by atoms with Gasteiger partial charge in [0.25, 0.3) is 5.91 Å². The molecule has 4 heteroatoms. The van der Waals surface area contributed by atoms with Crippen LogP contribution in [0.5, 0.6) is 0 Å². The number of nitrogens with zero attached hydrogens (tertiary/aromatic N) is 2. The second-order valence-corrected chi connectivity index (χ2v) is 6.90. The maximum Gasteiger partial charge on any atom is 0.254 e. The minimum Gasteiger partial charge on any atom is -0.440 e. The zero-order valence-electron chi connectivity index (χ0n) is 14.7. The van der Waals surface area contributed by atoms with Gasteiger partial charge in [-0.3, -0.25) is 4.79 Å². The van der Waals surface area contributed by atoms with Crippen molar-refractivity contribution in [3.63, 3.8) is 0 Å². The number of hydrogen-bond acceptors (Lipinski definition) is 3. The summed E-state index contributed by atoms with van der Waals surface area (Å²) in [6, 6.07) is 13.9. The molecule has 2 aromatic carbocycles. The number of oxazole rings is 1. The van der Waals surface area contributed by atoms with E-state index in [2.05, 4.69) is 11.1 Å². The SMILES string of the molecule is Cc1ccc(C(=O)N2CCC(c3nc4ccccc4o3)CC2)c(C)c1. The molecule has 1 aromatic heterocycles. The standard InChI is InChI=1S/C21H22N2O2/c1-14-7-8-17(15(2)13-14)21(24)23-11-9-16(10-12-23)20-22-18-5-3-4-6-19(18)25-20/h3-8,13,16H,9-12H2,1-2H3. The maximum atomic E-state index is 12.8. The molecule has 0 radical (unpaired) electrons. The quantitative estimate of drug-likeness (QED) is 0.695. The molecule has 4 rings (SSSR count). The van der Waals surface area contributed by atoms with E-state index in [0.717, 1.165) is 54.0 Å². The average Bonchev–Trinajstić information content (AvgIpc) is 3.05. The van der Waals surface area contributed by atoms with Gasteiger partial charge in [0.15, 0.2) is 11.5 Å². The number of hydrogen-bond donors (Lipinski definition) is 0. The van der Waals surface area contributed by atoms with Gasteiger partial charge in [-0.15, -0.1) is 0 Å². The minimum atomic E-state index is 0.133. The second kappa shape index (κ2) is 6.36. The molecule has 0 N–H and O–H groups in total. The van der Waals surface area contributed by atoms with Crippen molar-refractivity contribution in [1.82, 2.24) is 9.88 Å². The normalized spacial score (nSPS) is 15.7. The lowest BCUT2D eigenvalue weighted by Crippen LogP contribution is -2.38. The second-order valence-electron chi connectivity index (χ2n) is 6.90. The maximum absolute atomic E-state index is 12.8. The monoisotopic (exact) mass is 334 g/mol. The molecule has 1 saturated heterocycles. The summed E-state index contributed by atoms with van der Waals surface area (Å²) in [7, 11) is 0. The molecule has 1 aliphatic rings. The third-order valence-corrected chi connectivity index (χ3v) is 5.05. The minimum absolute atomic E-state index is 0.133. The van der Waals surface area contributed by atoms with E-state index in [0.29, 0.717) is 0 Å². The zero-order chi connectivity index (χ0) is 17.4. The van der Waals surface area contributed by atoms with Crippen LogP contribution in [0.3, 0.4) is 0 Å². The van der Waals surface area contributed by atoms with Crippen LogP contribution < -0.4 is 0 Å². The van der Waals surface area contributed by atoms with E-state index in [1.54, 1.807) is 0 Å². The number of amides is 1. The Kier molecular flexibility index (Phi) is 4.04. The smallest absolute Gasteiger partial charge is 0.254 e. The van der Waals surface area contributed by atoms with Crippen LogP contribution in [0.15, 0.2) is 46.9 Å². The highest BCUT2D eigenvalue weighted by Gasteiger charge is 2.28. The number of rotatable bonds is 2. The molecule has 4 nitrogen and oxygen atoms in total. The first-order chi connectivity index (χ1) is 12.1. The zero-order valence-corrected chi connectivity index (χ0v) is 14.7. The van der Waals surface area contributed by atoms with Gasteiger partial charge < -0.3 is 9.32 Å². The van der Waals surface area contributed by atoms with Gasteiger partial charge in [-0.25, -0.2) is 4.98 Å². The fourth-order valence-electron chi connectivity index (χ4n) is 3.62. The van der Waals surface area contributed by atoms with Crippen LogP contribution in [-0.2, 0) is 0 Å². The molecule has 0 atom stereocenters. The first-order valence-corrected chi connectivity index (χ1v) is 8.84. The van der Waals surface area contributed by atoms with E-state index >= 15 is 0 Å². The van der Waals surface area contributed by atoms with E-state index in [1.807, 2.05) is 55.1 Å². The summed E-state index contributed by atoms with van der Waals surface area (Å²) >= 11 is 0. The number of aromatic nitrogens is 1. The highest BCUT2D eigenvalue weighted by atomic mass is 16.3. The van der Waals surface area contributed by atoms with Gasteiger partial charge in [0, 0.05) is 24.6 Å². The molecular weight excluding hydrogens is 312 g/mol. The van der Waals surface area contributed by atoms with Gasteiger partial charge in [0.05, 0.1) is 0 Å². The Labute approximate surface area is 147 Å². The van der Waals surface area contributed by atoms with Crippen molar-refractivity contribution in [2.75, 3.05) is 13.1 Å². The Bertz CT molecular complexity index is 888. The fourth-order valence-corrected chi connectivity index (χ4v) is 3.62. The van der Waals surface area contributed by atoms with E-state index in [4.69, 9.17) is 4.42 Å². The average molecular weight is 334 g/mol. The van der Waals surface area contributed by atoms with E-state index in [1.165, 1.54) is 5.56 Å². The number of para-hydroxylation sites is 2. The lowest BCUT2D eigenvalue weighted by Gasteiger charge is -2.31. The molecule has 0 aliphatic carbocycles. The summed E-state index contributed by atoms with van der Waals surface area (Å²) < 4.78 is 5.91. The topological polar surface area (TPSA) is 46.3 Å². The Morgan fingerprint density at radius 1 is 1.12 bits per heavy atom. The first kappa shape index (κ1) is 15.9. The molecule has 3 aromatic rings. The highest BCUT2D eigenvalue weighted by molar-refractivity contribution is 5.95. The molecule has 2 heterocycles.